The Hall–Kier alpha value is -3.32. The minimum absolute atomic E-state index is 0.0251. The van der Waals surface area contributed by atoms with Crippen LogP contribution in [0.25, 0.3) is 6.08 Å². The lowest BCUT2D eigenvalue weighted by molar-refractivity contribution is -0.385. The Morgan fingerprint density at radius 3 is 2.53 bits per heavy atom. The molecule has 19 heavy (non-hydrogen) atoms. The van der Waals surface area contributed by atoms with E-state index in [2.05, 4.69) is 0 Å². The summed E-state index contributed by atoms with van der Waals surface area (Å²) in [6.45, 7) is 0. The van der Waals surface area contributed by atoms with Crippen molar-refractivity contribution < 1.29 is 10.0 Å². The van der Waals surface area contributed by atoms with Crippen molar-refractivity contribution in [2.45, 2.75) is 0 Å². The average molecular weight is 256 g/mol. The van der Waals surface area contributed by atoms with Crippen LogP contribution in [-0.4, -0.2) is 10.0 Å². The third-order valence-corrected chi connectivity index (χ3v) is 2.16. The van der Waals surface area contributed by atoms with Gasteiger partial charge in [-0.2, -0.15) is 10.5 Å². The summed E-state index contributed by atoms with van der Waals surface area (Å²) in [6, 6.07) is 6.98. The highest BCUT2D eigenvalue weighted by Crippen LogP contribution is 2.26. The van der Waals surface area contributed by atoms with E-state index in [0.29, 0.717) is 5.56 Å². The van der Waals surface area contributed by atoms with Crippen molar-refractivity contribution in [1.82, 2.24) is 0 Å². The number of nitro groups is 1. The molecule has 0 aliphatic carbocycles. The van der Waals surface area contributed by atoms with Gasteiger partial charge >= 0.3 is 5.69 Å². The van der Waals surface area contributed by atoms with Crippen molar-refractivity contribution in [2.75, 3.05) is 0 Å². The van der Waals surface area contributed by atoms with Gasteiger partial charge in [0.05, 0.1) is 10.6 Å². The molecule has 7 heteroatoms. The molecule has 0 radical (unpaired) electrons. The number of phenols is 1. The molecule has 0 bridgehead atoms. The zero-order valence-electron chi connectivity index (χ0n) is 9.57. The van der Waals surface area contributed by atoms with Crippen LogP contribution < -0.4 is 5.73 Å². The molecule has 0 heterocycles. The number of benzene rings is 1. The Morgan fingerprint density at radius 1 is 1.42 bits per heavy atom. The Morgan fingerprint density at radius 2 is 2.05 bits per heavy atom. The molecular formula is C12H8N4O3. The van der Waals surface area contributed by atoms with Crippen LogP contribution in [0, 0.1) is 32.8 Å². The minimum atomic E-state index is -0.708. The molecule has 1 aromatic rings. The predicted octanol–water partition coefficient (Wildman–Crippen LogP) is 1.57. The number of phenolic OH excluding ortho intramolecular Hbond substituents is 1. The summed E-state index contributed by atoms with van der Waals surface area (Å²) in [5.41, 5.74) is 5.26. The fourth-order valence-corrected chi connectivity index (χ4v) is 1.22. The zero-order valence-corrected chi connectivity index (χ0v) is 9.57. The predicted molar refractivity (Wildman–Crippen MR) is 66.2 cm³/mol. The third-order valence-electron chi connectivity index (χ3n) is 2.16. The zero-order chi connectivity index (χ0) is 14.4. The minimum Gasteiger partial charge on any atom is -0.502 e. The van der Waals surface area contributed by atoms with Gasteiger partial charge < -0.3 is 10.8 Å². The van der Waals surface area contributed by atoms with Crippen LogP contribution in [0.4, 0.5) is 5.69 Å². The van der Waals surface area contributed by atoms with Crippen molar-refractivity contribution in [2.24, 2.45) is 5.73 Å². The largest absolute Gasteiger partial charge is 0.502 e. The van der Waals surface area contributed by atoms with Gasteiger partial charge in [-0.15, -0.1) is 0 Å². The second-order valence-electron chi connectivity index (χ2n) is 3.39. The standard InChI is InChI=1S/C12H8N4O3/c13-6-9(7-14)10(15)3-1-8-2-4-11(16(18)19)12(17)5-8/h1-5,17H,15H2. The molecule has 0 fully saturated rings. The van der Waals surface area contributed by atoms with Crippen LogP contribution in [0.15, 0.2) is 35.5 Å². The van der Waals surface area contributed by atoms with Crippen LogP contribution in [0.1, 0.15) is 5.56 Å². The first kappa shape index (κ1) is 13.7. The first-order valence-electron chi connectivity index (χ1n) is 4.95. The highest BCUT2D eigenvalue weighted by atomic mass is 16.6. The van der Waals surface area contributed by atoms with Gasteiger partial charge in [-0.3, -0.25) is 10.1 Å². The van der Waals surface area contributed by atoms with Crippen LogP contribution in [0.2, 0.25) is 0 Å². The number of allylic oxidation sites excluding steroid dienone is 2. The molecule has 0 aromatic heterocycles. The van der Waals surface area contributed by atoms with Gasteiger partial charge in [0.2, 0.25) is 0 Å². The number of rotatable bonds is 3. The van der Waals surface area contributed by atoms with Gasteiger partial charge in [-0.05, 0) is 23.8 Å². The number of nitrogens with zero attached hydrogens (tertiary/aromatic N) is 3. The van der Waals surface area contributed by atoms with Crippen molar-refractivity contribution in [3.63, 3.8) is 0 Å². The van der Waals surface area contributed by atoms with Crippen LogP contribution in [-0.2, 0) is 0 Å². The average Bonchev–Trinajstić information content (AvgIpc) is 2.37. The molecule has 0 aliphatic rings. The number of nitrogens with two attached hydrogens (primary N) is 1. The third kappa shape index (κ3) is 3.32. The van der Waals surface area contributed by atoms with Crippen molar-refractivity contribution in [3.8, 4) is 17.9 Å². The Bertz CT molecular complexity index is 647. The lowest BCUT2D eigenvalue weighted by atomic mass is 10.1. The first-order chi connectivity index (χ1) is 8.99. The van der Waals surface area contributed by atoms with E-state index in [9.17, 15) is 15.2 Å². The van der Waals surface area contributed by atoms with E-state index in [4.69, 9.17) is 16.3 Å². The smallest absolute Gasteiger partial charge is 0.310 e. The lowest BCUT2D eigenvalue weighted by Crippen LogP contribution is -1.96. The highest BCUT2D eigenvalue weighted by Gasteiger charge is 2.11. The molecule has 0 spiro atoms. The Balaban J connectivity index is 3.07. The molecule has 0 saturated carbocycles. The lowest BCUT2D eigenvalue weighted by Gasteiger charge is -1.98. The summed E-state index contributed by atoms with van der Waals surface area (Å²) >= 11 is 0. The first-order valence-corrected chi connectivity index (χ1v) is 4.95. The summed E-state index contributed by atoms with van der Waals surface area (Å²) < 4.78 is 0. The molecule has 1 rings (SSSR count). The number of hydrogen-bond donors (Lipinski definition) is 2. The van der Waals surface area contributed by atoms with E-state index >= 15 is 0 Å². The Kier molecular flexibility index (Phi) is 4.23. The fourth-order valence-electron chi connectivity index (χ4n) is 1.22. The second kappa shape index (κ2) is 5.84. The highest BCUT2D eigenvalue weighted by molar-refractivity contribution is 5.60. The van der Waals surface area contributed by atoms with Gasteiger partial charge in [-0.25, -0.2) is 0 Å². The van der Waals surface area contributed by atoms with Crippen LogP contribution in [0.3, 0.4) is 0 Å². The van der Waals surface area contributed by atoms with E-state index in [1.54, 1.807) is 12.1 Å². The normalized spacial score (nSPS) is 9.58. The fraction of sp³-hybridized carbons (Fsp3) is 0. The van der Waals surface area contributed by atoms with E-state index in [0.717, 1.165) is 6.07 Å². The van der Waals surface area contributed by atoms with Gasteiger partial charge in [0, 0.05) is 6.07 Å². The molecule has 0 aliphatic heterocycles. The molecule has 7 nitrogen and oxygen atoms in total. The number of hydrogen-bond acceptors (Lipinski definition) is 6. The molecule has 0 unspecified atom stereocenters. The molecule has 1 aromatic carbocycles. The molecule has 0 saturated heterocycles. The SMILES string of the molecule is N#CC(C#N)=C(N)C=Cc1ccc([N+](=O)[O-])c(O)c1. The van der Waals surface area contributed by atoms with Gasteiger partial charge in [0.15, 0.2) is 11.3 Å². The van der Waals surface area contributed by atoms with E-state index in [1.165, 1.54) is 24.3 Å². The van der Waals surface area contributed by atoms with E-state index in [-0.39, 0.29) is 11.3 Å². The van der Waals surface area contributed by atoms with Crippen molar-refractivity contribution in [1.29, 1.82) is 10.5 Å². The quantitative estimate of drug-likeness (QED) is 0.364. The number of nitro benzene ring substituents is 1. The molecule has 3 N–H and O–H groups in total. The van der Waals surface area contributed by atoms with Crippen LogP contribution in [0.5, 0.6) is 5.75 Å². The molecular weight excluding hydrogens is 248 g/mol. The van der Waals surface area contributed by atoms with E-state index in [1.807, 2.05) is 0 Å². The van der Waals surface area contributed by atoms with Gasteiger partial charge in [-0.1, -0.05) is 6.08 Å². The molecule has 94 valence electrons. The summed E-state index contributed by atoms with van der Waals surface area (Å²) in [4.78, 5) is 9.79. The van der Waals surface area contributed by atoms with Crippen molar-refractivity contribution >= 4 is 11.8 Å². The summed E-state index contributed by atoms with van der Waals surface area (Å²) in [6.07, 6.45) is 2.73. The maximum Gasteiger partial charge on any atom is 0.310 e. The van der Waals surface area contributed by atoms with Gasteiger partial charge in [0.1, 0.15) is 12.1 Å². The maximum absolute atomic E-state index is 10.5. The number of nitriles is 2. The second-order valence-corrected chi connectivity index (χ2v) is 3.39. The van der Waals surface area contributed by atoms with Crippen LogP contribution >= 0.6 is 0 Å². The summed E-state index contributed by atoms with van der Waals surface area (Å²) in [5, 5.41) is 37.1. The monoisotopic (exact) mass is 256 g/mol. The summed E-state index contributed by atoms with van der Waals surface area (Å²) in [5.74, 6) is -0.476. The van der Waals surface area contributed by atoms with Crippen molar-refractivity contribution in [3.05, 3.63) is 51.2 Å². The number of aromatic hydroxyl groups is 1. The maximum atomic E-state index is 10.5. The van der Waals surface area contributed by atoms with Gasteiger partial charge in [0.25, 0.3) is 0 Å². The molecule has 0 amide bonds. The Labute approximate surface area is 108 Å². The van der Waals surface area contributed by atoms with E-state index < -0.39 is 16.4 Å². The topological polar surface area (TPSA) is 137 Å². The summed E-state index contributed by atoms with van der Waals surface area (Å²) in [7, 11) is 0. The molecule has 0 atom stereocenters.